The quantitative estimate of drug-likeness (QED) is 0.159. The maximum atomic E-state index is 15.2. The van der Waals surface area contributed by atoms with Crippen LogP contribution in [0.5, 0.6) is 5.88 Å². The number of nitrogens with zero attached hydrogens (tertiary/aromatic N) is 6. The van der Waals surface area contributed by atoms with E-state index in [-0.39, 0.29) is 60.9 Å². The van der Waals surface area contributed by atoms with E-state index >= 15 is 4.57 Å². The smallest absolute Gasteiger partial charge is 0.347 e. The fourth-order valence-corrected chi connectivity index (χ4v) is 7.93. The van der Waals surface area contributed by atoms with Gasteiger partial charge in [0.25, 0.3) is 0 Å². The third-order valence-corrected chi connectivity index (χ3v) is 10.9. The number of aromatic nitrogens is 4. The van der Waals surface area contributed by atoms with Crippen molar-refractivity contribution in [3.05, 3.63) is 6.33 Å². The van der Waals surface area contributed by atoms with E-state index in [0.717, 1.165) is 0 Å². The number of carbonyl (C=O) groups is 2. The number of hydrogen-bond donors (Lipinski definition) is 3. The molecule has 0 radical (unpaired) electrons. The average Bonchev–Trinajstić information content (AvgIpc) is 3.53. The van der Waals surface area contributed by atoms with Crippen molar-refractivity contribution in [1.82, 2.24) is 28.9 Å². The molecule has 17 nitrogen and oxygen atoms in total. The second kappa shape index (κ2) is 16.2. The van der Waals surface area contributed by atoms with Crippen molar-refractivity contribution >= 4 is 36.7 Å². The first-order valence-electron chi connectivity index (χ1n) is 16.1. The first-order chi connectivity index (χ1) is 22.4. The molecule has 0 bridgehead atoms. The van der Waals surface area contributed by atoms with Gasteiger partial charge in [-0.25, -0.2) is 14.3 Å². The molecule has 6 atom stereocenters. The van der Waals surface area contributed by atoms with Gasteiger partial charge in [-0.3, -0.25) is 18.7 Å². The van der Waals surface area contributed by atoms with Gasteiger partial charge in [-0.05, 0) is 59.5 Å². The molecule has 272 valence electrons. The van der Waals surface area contributed by atoms with Crippen LogP contribution in [-0.4, -0.2) is 122 Å². The number of esters is 2. The molecule has 0 saturated carbocycles. The highest BCUT2D eigenvalue weighted by Crippen LogP contribution is 2.57. The first kappa shape index (κ1) is 39.5. The van der Waals surface area contributed by atoms with E-state index in [1.165, 1.54) is 48.4 Å². The minimum atomic E-state index is -4.32. The fourth-order valence-electron chi connectivity index (χ4n) is 5.70. The summed E-state index contributed by atoms with van der Waals surface area (Å²) < 4.78 is 47.5. The van der Waals surface area contributed by atoms with Crippen LogP contribution in [-0.2, 0) is 32.9 Å². The zero-order valence-corrected chi connectivity index (χ0v) is 30.4. The zero-order valence-electron chi connectivity index (χ0n) is 29.5. The van der Waals surface area contributed by atoms with Crippen LogP contribution in [0, 0.1) is 11.8 Å². The Balaban J connectivity index is 2.04. The summed E-state index contributed by atoms with van der Waals surface area (Å²) in [6.45, 7) is 12.1. The number of aliphatic hydroxyl groups is 2. The number of nitrogens with two attached hydrogens (primary N) is 1. The van der Waals surface area contributed by atoms with Crippen LogP contribution in [0.15, 0.2) is 6.33 Å². The average molecular weight is 702 g/mol. The summed E-state index contributed by atoms with van der Waals surface area (Å²) in [5.74, 6) is -1.22. The number of rotatable bonds is 17. The summed E-state index contributed by atoms with van der Waals surface area (Å²) in [5, 5.41) is 22.8. The molecule has 1 fully saturated rings. The molecule has 18 heteroatoms. The van der Waals surface area contributed by atoms with Gasteiger partial charge < -0.3 is 39.4 Å². The zero-order chi connectivity index (χ0) is 36.1. The van der Waals surface area contributed by atoms with E-state index in [1.807, 2.05) is 27.7 Å². The van der Waals surface area contributed by atoms with Crippen molar-refractivity contribution in [3.63, 3.8) is 0 Å². The number of methoxy groups -OCH3 is 1. The number of nitrogen functional groups attached to an aromatic ring is 1. The minimum Gasteiger partial charge on any atom is -0.479 e. The lowest BCUT2D eigenvalue weighted by molar-refractivity contribution is -0.148. The molecule has 0 aromatic carbocycles. The molecule has 0 amide bonds. The number of fused-ring (bicyclic) bond motifs is 1. The fraction of sp³-hybridized carbons (Fsp3) is 0.767. The molecule has 1 saturated heterocycles. The Labute approximate surface area is 281 Å². The predicted molar refractivity (Wildman–Crippen MR) is 176 cm³/mol. The number of aliphatic hydroxyl groups excluding tert-OH is 1. The van der Waals surface area contributed by atoms with Crippen molar-refractivity contribution in [2.75, 3.05) is 46.8 Å². The van der Waals surface area contributed by atoms with Crippen molar-refractivity contribution < 1.29 is 47.8 Å². The second-order valence-electron chi connectivity index (χ2n) is 12.8. The Morgan fingerprint density at radius 2 is 1.58 bits per heavy atom. The summed E-state index contributed by atoms with van der Waals surface area (Å²) in [5.41, 5.74) is 4.37. The highest BCUT2D eigenvalue weighted by molar-refractivity contribution is 7.54. The van der Waals surface area contributed by atoms with E-state index in [0.29, 0.717) is 0 Å². The second-order valence-corrected chi connectivity index (χ2v) is 15.3. The summed E-state index contributed by atoms with van der Waals surface area (Å²) in [4.78, 5) is 39.0. The molecule has 0 aliphatic carbocycles. The van der Waals surface area contributed by atoms with Crippen molar-refractivity contribution in [2.24, 2.45) is 11.8 Å². The SMILES string of the molecule is CCOC(=O)[C@H](CC(C)C)N(C)P(=O)(OC[C@H]1O[C@@H](n2cnc3c(OC)nc(N)nc32)C(C)(O)C1O)N(C)[C@@H](CC(C)C)C(=O)OCC. The Kier molecular flexibility index (Phi) is 13.3. The van der Waals surface area contributed by atoms with Gasteiger partial charge >= 0.3 is 19.6 Å². The Hall–Kier alpha value is -2.92. The third kappa shape index (κ3) is 8.26. The monoisotopic (exact) mass is 701 g/mol. The molecule has 2 aromatic heterocycles. The molecule has 2 unspecified atom stereocenters. The maximum absolute atomic E-state index is 15.2. The van der Waals surface area contributed by atoms with Gasteiger partial charge in [-0.2, -0.15) is 9.97 Å². The van der Waals surface area contributed by atoms with Gasteiger partial charge in [0.05, 0.1) is 33.3 Å². The van der Waals surface area contributed by atoms with E-state index in [4.69, 9.17) is 29.2 Å². The maximum Gasteiger partial charge on any atom is 0.347 e. The molecule has 4 N–H and O–H groups in total. The standard InChI is InChI=1S/C30H52N7O10P/c1-11-44-26(39)19(13-17(3)4)35(8)48(42,36(9)20(14-18(5)6)27(40)45-12-2)46-15-21-23(38)30(7,41)28(47-21)37-16-32-22-24(37)33-29(31)34-25(22)43-10/h16-21,23,28,38,41H,11-15H2,1-10H3,(H2,31,33,34)/t19-,20-,21+,23?,28+,30?/m0/s1. The van der Waals surface area contributed by atoms with Crippen LogP contribution in [0.4, 0.5) is 5.95 Å². The van der Waals surface area contributed by atoms with E-state index in [9.17, 15) is 19.8 Å². The summed E-state index contributed by atoms with van der Waals surface area (Å²) >= 11 is 0. The molecule has 48 heavy (non-hydrogen) atoms. The normalized spacial score (nSPS) is 23.0. The van der Waals surface area contributed by atoms with E-state index in [1.54, 1.807) is 13.8 Å². The lowest BCUT2D eigenvalue weighted by atomic mass is 9.96. The predicted octanol–water partition coefficient (Wildman–Crippen LogP) is 2.37. The first-order valence-corrected chi connectivity index (χ1v) is 17.6. The van der Waals surface area contributed by atoms with Crippen molar-refractivity contribution in [2.45, 2.75) is 97.4 Å². The lowest BCUT2D eigenvalue weighted by Crippen LogP contribution is -2.48. The van der Waals surface area contributed by atoms with Gasteiger partial charge in [0.1, 0.15) is 29.9 Å². The summed E-state index contributed by atoms with van der Waals surface area (Å²) in [6.07, 6.45) is -2.16. The summed E-state index contributed by atoms with van der Waals surface area (Å²) in [7, 11) is 0.0195. The number of anilines is 1. The Morgan fingerprint density at radius 1 is 1.06 bits per heavy atom. The van der Waals surface area contributed by atoms with Crippen LogP contribution in [0.2, 0.25) is 0 Å². The van der Waals surface area contributed by atoms with Crippen LogP contribution in [0.1, 0.15) is 67.5 Å². The van der Waals surface area contributed by atoms with Crippen LogP contribution in [0.25, 0.3) is 11.2 Å². The molecular formula is C30H52N7O10P. The Morgan fingerprint density at radius 3 is 2.04 bits per heavy atom. The molecule has 1 aliphatic rings. The number of carbonyl (C=O) groups excluding carboxylic acids is 2. The molecule has 1 aliphatic heterocycles. The van der Waals surface area contributed by atoms with Crippen LogP contribution in [0.3, 0.4) is 0 Å². The molecule has 0 spiro atoms. The highest BCUT2D eigenvalue weighted by Gasteiger charge is 2.55. The van der Waals surface area contributed by atoms with E-state index in [2.05, 4.69) is 15.0 Å². The van der Waals surface area contributed by atoms with Gasteiger partial charge in [-0.1, -0.05) is 27.7 Å². The van der Waals surface area contributed by atoms with Crippen LogP contribution >= 0.6 is 7.67 Å². The highest BCUT2D eigenvalue weighted by atomic mass is 31.2. The lowest BCUT2D eigenvalue weighted by Gasteiger charge is -2.41. The molecular weight excluding hydrogens is 649 g/mol. The number of hydrogen-bond acceptors (Lipinski definition) is 14. The molecule has 2 aromatic rings. The number of imidazole rings is 1. The van der Waals surface area contributed by atoms with Crippen molar-refractivity contribution in [1.29, 1.82) is 0 Å². The van der Waals surface area contributed by atoms with E-state index < -0.39 is 62.3 Å². The minimum absolute atomic E-state index is 0.00514. The van der Waals surface area contributed by atoms with Crippen molar-refractivity contribution in [3.8, 4) is 5.88 Å². The molecule has 3 heterocycles. The Bertz CT molecular complexity index is 1410. The number of likely N-dealkylation sites (N-methyl/N-ethyl adjacent to an activating group) is 2. The van der Waals surface area contributed by atoms with Gasteiger partial charge in [0, 0.05) is 0 Å². The number of ether oxygens (including phenoxy) is 4. The largest absolute Gasteiger partial charge is 0.479 e. The third-order valence-electron chi connectivity index (χ3n) is 8.22. The van der Waals surface area contributed by atoms with Gasteiger partial charge in [-0.15, -0.1) is 0 Å². The topological polar surface area (TPSA) is 214 Å². The van der Waals surface area contributed by atoms with Gasteiger partial charge in [0.15, 0.2) is 17.4 Å². The summed E-state index contributed by atoms with van der Waals surface area (Å²) in [6, 6.07) is -2.02. The molecule has 3 rings (SSSR count). The van der Waals surface area contributed by atoms with Crippen LogP contribution < -0.4 is 10.5 Å². The van der Waals surface area contributed by atoms with Gasteiger partial charge in [0.2, 0.25) is 11.8 Å².